The van der Waals surface area contributed by atoms with Crippen LogP contribution in [0.3, 0.4) is 0 Å². The van der Waals surface area contributed by atoms with E-state index in [-0.39, 0.29) is 17.0 Å². The Morgan fingerprint density at radius 3 is 1.75 bits per heavy atom. The molecule has 0 aromatic heterocycles. The van der Waals surface area contributed by atoms with Crippen LogP contribution in [0.5, 0.6) is 0 Å². The molecule has 0 radical (unpaired) electrons. The molecule has 16 heavy (non-hydrogen) atoms. The van der Waals surface area contributed by atoms with Crippen LogP contribution in [0.25, 0.3) is 0 Å². The van der Waals surface area contributed by atoms with Crippen molar-refractivity contribution in [1.82, 2.24) is 10.6 Å². The summed E-state index contributed by atoms with van der Waals surface area (Å²) in [6.45, 7) is 13.0. The number of hydrogen-bond donors (Lipinski definition) is 2. The molecule has 2 N–H and O–H groups in total. The van der Waals surface area contributed by atoms with Gasteiger partial charge in [0.15, 0.2) is 0 Å². The lowest BCUT2D eigenvalue weighted by Gasteiger charge is -2.32. The van der Waals surface area contributed by atoms with Crippen LogP contribution >= 0.6 is 0 Å². The van der Waals surface area contributed by atoms with Crippen LogP contribution in [-0.2, 0) is 4.79 Å². The van der Waals surface area contributed by atoms with Gasteiger partial charge >= 0.3 is 0 Å². The first-order valence-electron chi connectivity index (χ1n) is 6.34. The van der Waals surface area contributed by atoms with Crippen molar-refractivity contribution >= 4 is 5.91 Å². The van der Waals surface area contributed by atoms with Gasteiger partial charge in [0.05, 0.1) is 6.54 Å². The number of amides is 1. The molecule has 0 heterocycles. The molecule has 0 aliphatic rings. The van der Waals surface area contributed by atoms with Crippen molar-refractivity contribution in [1.29, 1.82) is 0 Å². The molecule has 0 saturated heterocycles. The second-order valence-electron chi connectivity index (χ2n) is 5.49. The van der Waals surface area contributed by atoms with Crippen molar-refractivity contribution in [3.63, 3.8) is 0 Å². The van der Waals surface area contributed by atoms with Crippen LogP contribution in [0.15, 0.2) is 0 Å². The lowest BCUT2D eigenvalue weighted by atomic mass is 9.90. The molecule has 0 unspecified atom stereocenters. The maximum atomic E-state index is 11.8. The number of hydrogen-bond acceptors (Lipinski definition) is 2. The van der Waals surface area contributed by atoms with E-state index in [2.05, 4.69) is 52.2 Å². The molecule has 0 atom stereocenters. The summed E-state index contributed by atoms with van der Waals surface area (Å²) >= 11 is 0. The van der Waals surface area contributed by atoms with Crippen molar-refractivity contribution in [2.75, 3.05) is 6.54 Å². The molecule has 0 fully saturated rings. The summed E-state index contributed by atoms with van der Waals surface area (Å²) in [4.78, 5) is 11.8. The first-order chi connectivity index (χ1) is 7.28. The maximum absolute atomic E-state index is 11.8. The van der Waals surface area contributed by atoms with Gasteiger partial charge in [-0.2, -0.15) is 0 Å². The quantitative estimate of drug-likeness (QED) is 0.733. The largest absolute Gasteiger partial charge is 0.350 e. The number of carbonyl (C=O) groups is 1. The normalized spacial score (nSPS) is 12.6. The molecule has 0 saturated carbocycles. The third-order valence-electron chi connectivity index (χ3n) is 3.21. The molecule has 0 bridgehead atoms. The van der Waals surface area contributed by atoms with Crippen molar-refractivity contribution < 1.29 is 4.79 Å². The van der Waals surface area contributed by atoms with Gasteiger partial charge in [0.25, 0.3) is 0 Å². The standard InChI is InChI=1S/C13H28N2O/c1-7-13(8-2,9-3)15-11(16)10-14-12(4,5)6/h14H,7-10H2,1-6H3,(H,15,16). The highest BCUT2D eigenvalue weighted by atomic mass is 16.2. The van der Waals surface area contributed by atoms with E-state index in [1.165, 1.54) is 0 Å². The number of nitrogens with one attached hydrogen (secondary N) is 2. The Kier molecular flexibility index (Phi) is 6.01. The summed E-state index contributed by atoms with van der Waals surface area (Å²) < 4.78 is 0. The molecule has 0 rings (SSSR count). The summed E-state index contributed by atoms with van der Waals surface area (Å²) in [7, 11) is 0. The predicted molar refractivity (Wildman–Crippen MR) is 69.5 cm³/mol. The fraction of sp³-hybridized carbons (Fsp3) is 0.923. The van der Waals surface area contributed by atoms with Crippen molar-refractivity contribution in [2.45, 2.75) is 71.9 Å². The topological polar surface area (TPSA) is 41.1 Å². The van der Waals surface area contributed by atoms with Crippen molar-refractivity contribution in [2.24, 2.45) is 0 Å². The highest BCUT2D eigenvalue weighted by molar-refractivity contribution is 5.78. The fourth-order valence-corrected chi connectivity index (χ4v) is 1.70. The molecule has 0 spiro atoms. The molecule has 3 nitrogen and oxygen atoms in total. The van der Waals surface area contributed by atoms with Gasteiger partial charge in [-0.15, -0.1) is 0 Å². The van der Waals surface area contributed by atoms with Crippen LogP contribution in [0.1, 0.15) is 60.8 Å². The van der Waals surface area contributed by atoms with Crippen LogP contribution < -0.4 is 10.6 Å². The van der Waals surface area contributed by atoms with Gasteiger partial charge in [-0.25, -0.2) is 0 Å². The van der Waals surface area contributed by atoms with E-state index in [9.17, 15) is 4.79 Å². The van der Waals surface area contributed by atoms with Gasteiger partial charge in [0.1, 0.15) is 0 Å². The molecule has 0 aliphatic carbocycles. The fourth-order valence-electron chi connectivity index (χ4n) is 1.70. The number of carbonyl (C=O) groups excluding carboxylic acids is 1. The van der Waals surface area contributed by atoms with Gasteiger partial charge in [0.2, 0.25) is 5.91 Å². The Labute approximate surface area is 100 Å². The first-order valence-corrected chi connectivity index (χ1v) is 6.34. The minimum atomic E-state index is -0.0172. The van der Waals surface area contributed by atoms with Gasteiger partial charge in [-0.05, 0) is 40.0 Å². The van der Waals surface area contributed by atoms with Crippen LogP contribution in [0.2, 0.25) is 0 Å². The molecule has 3 heteroatoms. The van der Waals surface area contributed by atoms with Gasteiger partial charge < -0.3 is 10.6 Å². The maximum Gasteiger partial charge on any atom is 0.234 e. The van der Waals surface area contributed by atoms with E-state index in [0.717, 1.165) is 19.3 Å². The van der Waals surface area contributed by atoms with Gasteiger partial charge in [0, 0.05) is 11.1 Å². The zero-order chi connectivity index (χ0) is 12.8. The lowest BCUT2D eigenvalue weighted by molar-refractivity contribution is -0.122. The van der Waals surface area contributed by atoms with E-state index in [0.29, 0.717) is 6.54 Å². The predicted octanol–water partition coefficient (Wildman–Crippen LogP) is 2.46. The molecule has 0 aliphatic heterocycles. The Balaban J connectivity index is 4.21. The first kappa shape index (κ1) is 15.4. The van der Waals surface area contributed by atoms with E-state index in [1.54, 1.807) is 0 Å². The smallest absolute Gasteiger partial charge is 0.234 e. The Morgan fingerprint density at radius 1 is 1.00 bits per heavy atom. The third kappa shape index (κ3) is 5.50. The van der Waals surface area contributed by atoms with E-state index >= 15 is 0 Å². The Morgan fingerprint density at radius 2 is 1.44 bits per heavy atom. The minimum Gasteiger partial charge on any atom is -0.350 e. The molecule has 1 amide bonds. The third-order valence-corrected chi connectivity index (χ3v) is 3.21. The molecule has 0 aromatic carbocycles. The average Bonchev–Trinajstić information content (AvgIpc) is 2.22. The second kappa shape index (κ2) is 6.24. The highest BCUT2D eigenvalue weighted by Crippen LogP contribution is 2.18. The molecule has 96 valence electrons. The monoisotopic (exact) mass is 228 g/mol. The van der Waals surface area contributed by atoms with Gasteiger partial charge in [-0.1, -0.05) is 20.8 Å². The van der Waals surface area contributed by atoms with Crippen LogP contribution in [0, 0.1) is 0 Å². The van der Waals surface area contributed by atoms with Crippen LogP contribution in [0.4, 0.5) is 0 Å². The highest BCUT2D eigenvalue weighted by Gasteiger charge is 2.25. The second-order valence-corrected chi connectivity index (χ2v) is 5.49. The summed E-state index contributed by atoms with van der Waals surface area (Å²) in [5.74, 6) is 0.0977. The van der Waals surface area contributed by atoms with Crippen LogP contribution in [-0.4, -0.2) is 23.5 Å². The SMILES string of the molecule is CCC(CC)(CC)NC(=O)CNC(C)(C)C. The number of rotatable bonds is 6. The van der Waals surface area contributed by atoms with Crippen molar-refractivity contribution in [3.8, 4) is 0 Å². The minimum absolute atomic E-state index is 0.00928. The summed E-state index contributed by atoms with van der Waals surface area (Å²) in [5, 5.41) is 6.36. The van der Waals surface area contributed by atoms with E-state index in [1.807, 2.05) is 0 Å². The van der Waals surface area contributed by atoms with Crippen molar-refractivity contribution in [3.05, 3.63) is 0 Å². The summed E-state index contributed by atoms with van der Waals surface area (Å²) in [6, 6.07) is 0. The van der Waals surface area contributed by atoms with Gasteiger partial charge in [-0.3, -0.25) is 4.79 Å². The lowest BCUT2D eigenvalue weighted by Crippen LogP contribution is -2.52. The zero-order valence-corrected chi connectivity index (χ0v) is 11.7. The molecule has 0 aromatic rings. The summed E-state index contributed by atoms with van der Waals surface area (Å²) in [5.41, 5.74) is -0.0265. The Bertz CT molecular complexity index is 206. The zero-order valence-electron chi connectivity index (χ0n) is 11.7. The average molecular weight is 228 g/mol. The summed E-state index contributed by atoms with van der Waals surface area (Å²) in [6.07, 6.45) is 2.96. The Hall–Kier alpha value is -0.570. The molecular weight excluding hydrogens is 200 g/mol. The molecular formula is C13H28N2O. The van der Waals surface area contributed by atoms with E-state index in [4.69, 9.17) is 0 Å². The van der Waals surface area contributed by atoms with E-state index < -0.39 is 0 Å².